The molecule has 0 bridgehead atoms. The number of carbonyl (C=O) groups excluding carboxylic acids is 1. The van der Waals surface area contributed by atoms with Crippen molar-refractivity contribution in [2.45, 2.75) is 0 Å². The van der Waals surface area contributed by atoms with Gasteiger partial charge in [-0.2, -0.15) is 0 Å². The summed E-state index contributed by atoms with van der Waals surface area (Å²) in [5.74, 6) is -0.112. The topological polar surface area (TPSA) is 37.6 Å². The van der Waals surface area contributed by atoms with Crippen molar-refractivity contribution in [3.05, 3.63) is 58.1 Å². The Balaban J connectivity index is 2.01. The third-order valence-electron chi connectivity index (χ3n) is 3.74. The van der Waals surface area contributed by atoms with Crippen LogP contribution in [0.15, 0.2) is 42.5 Å². The van der Waals surface area contributed by atoms with Gasteiger partial charge < -0.3 is 4.90 Å². The molecule has 7 heteroatoms. The lowest BCUT2D eigenvalue weighted by molar-refractivity contribution is -0.856. The fourth-order valence-corrected chi connectivity index (χ4v) is 3.90. The molecule has 0 saturated heterocycles. The first-order valence-corrected chi connectivity index (χ1v) is 9.44. The molecule has 1 N–H and O–H groups in total. The van der Waals surface area contributed by atoms with Gasteiger partial charge in [-0.3, -0.25) is 9.69 Å². The number of aromatic nitrogens is 1. The number of fused-ring (bicyclic) bond motifs is 1. The normalized spacial score (nSPS) is 11.2. The van der Waals surface area contributed by atoms with Gasteiger partial charge >= 0.3 is 0 Å². The molecule has 0 fully saturated rings. The lowest BCUT2D eigenvalue weighted by Crippen LogP contribution is -3.06. The van der Waals surface area contributed by atoms with Crippen molar-refractivity contribution in [1.82, 2.24) is 4.98 Å². The zero-order chi connectivity index (χ0) is 18.0. The van der Waals surface area contributed by atoms with Gasteiger partial charge in [0.2, 0.25) is 0 Å². The predicted octanol–water partition coefficient (Wildman–Crippen LogP) is 3.39. The number of para-hydroxylation sites is 1. The highest BCUT2D eigenvalue weighted by Gasteiger charge is 2.22. The zero-order valence-electron chi connectivity index (χ0n) is 13.9. The van der Waals surface area contributed by atoms with E-state index in [4.69, 9.17) is 23.2 Å². The second-order valence-corrected chi connectivity index (χ2v) is 7.86. The molecule has 130 valence electrons. The van der Waals surface area contributed by atoms with Crippen molar-refractivity contribution < 1.29 is 9.69 Å². The number of likely N-dealkylation sites (N-methyl/N-ethyl adjacent to an activating group) is 1. The summed E-state index contributed by atoms with van der Waals surface area (Å²) in [4.78, 5) is 20.6. The average molecular weight is 395 g/mol. The molecule has 0 aliphatic carbocycles. The van der Waals surface area contributed by atoms with E-state index < -0.39 is 0 Å². The van der Waals surface area contributed by atoms with Crippen molar-refractivity contribution in [2.24, 2.45) is 0 Å². The van der Waals surface area contributed by atoms with Crippen LogP contribution in [0.25, 0.3) is 10.2 Å². The van der Waals surface area contributed by atoms with Crippen LogP contribution in [-0.2, 0) is 0 Å². The van der Waals surface area contributed by atoms with Gasteiger partial charge in [0, 0.05) is 10.6 Å². The zero-order valence-corrected chi connectivity index (χ0v) is 16.3. The Hall–Kier alpha value is -1.66. The number of halogens is 2. The number of rotatable bonds is 5. The van der Waals surface area contributed by atoms with Crippen LogP contribution in [0.2, 0.25) is 10.0 Å². The number of carbonyl (C=O) groups is 1. The summed E-state index contributed by atoms with van der Waals surface area (Å²) in [5.41, 5.74) is 1.27. The number of hydrogen-bond donors (Lipinski definition) is 1. The van der Waals surface area contributed by atoms with Crippen LogP contribution in [-0.4, -0.2) is 38.1 Å². The molecule has 1 heterocycles. The van der Waals surface area contributed by atoms with Gasteiger partial charge in [0.25, 0.3) is 5.91 Å². The van der Waals surface area contributed by atoms with Crippen LogP contribution in [0.5, 0.6) is 0 Å². The van der Waals surface area contributed by atoms with E-state index in [-0.39, 0.29) is 5.91 Å². The Morgan fingerprint density at radius 1 is 1.20 bits per heavy atom. The summed E-state index contributed by atoms with van der Waals surface area (Å²) < 4.78 is 0.962. The number of amides is 1. The highest BCUT2D eigenvalue weighted by Crippen LogP contribution is 2.33. The molecule has 0 spiro atoms. The van der Waals surface area contributed by atoms with Gasteiger partial charge in [0.15, 0.2) is 5.13 Å². The summed E-state index contributed by atoms with van der Waals surface area (Å²) in [5, 5.41) is 1.78. The Labute approximate surface area is 160 Å². The first-order valence-electron chi connectivity index (χ1n) is 7.87. The fourth-order valence-electron chi connectivity index (χ4n) is 2.42. The van der Waals surface area contributed by atoms with E-state index in [1.54, 1.807) is 35.2 Å². The molecular formula is C18H18Cl2N3OS+. The maximum absolute atomic E-state index is 13.1. The molecule has 0 saturated carbocycles. The molecule has 25 heavy (non-hydrogen) atoms. The van der Waals surface area contributed by atoms with Crippen molar-refractivity contribution in [3.63, 3.8) is 0 Å². The number of nitrogens with zero attached hydrogens (tertiary/aromatic N) is 2. The fraction of sp³-hybridized carbons (Fsp3) is 0.222. The smallest absolute Gasteiger partial charge is 0.260 e. The first-order chi connectivity index (χ1) is 12.0. The van der Waals surface area contributed by atoms with Crippen LogP contribution >= 0.6 is 34.5 Å². The summed E-state index contributed by atoms with van der Waals surface area (Å²) in [7, 11) is 4.11. The van der Waals surface area contributed by atoms with Crippen LogP contribution in [0, 0.1) is 0 Å². The molecule has 3 rings (SSSR count). The Morgan fingerprint density at radius 2 is 1.96 bits per heavy atom. The highest BCUT2D eigenvalue weighted by molar-refractivity contribution is 7.22. The number of nitrogens with one attached hydrogen (secondary N) is 1. The van der Waals surface area contributed by atoms with Gasteiger partial charge in [0.1, 0.15) is 5.52 Å². The maximum Gasteiger partial charge on any atom is 0.260 e. The average Bonchev–Trinajstić information content (AvgIpc) is 3.00. The van der Waals surface area contributed by atoms with E-state index >= 15 is 0 Å². The van der Waals surface area contributed by atoms with E-state index in [2.05, 4.69) is 19.1 Å². The number of anilines is 1. The van der Waals surface area contributed by atoms with E-state index in [1.807, 2.05) is 12.1 Å². The Morgan fingerprint density at radius 3 is 2.64 bits per heavy atom. The van der Waals surface area contributed by atoms with Crippen molar-refractivity contribution in [3.8, 4) is 0 Å². The third kappa shape index (κ3) is 4.12. The maximum atomic E-state index is 13.1. The molecule has 0 aliphatic rings. The second-order valence-electron chi connectivity index (χ2n) is 6.01. The van der Waals surface area contributed by atoms with Crippen molar-refractivity contribution >= 4 is 55.8 Å². The molecule has 0 radical (unpaired) electrons. The largest absolute Gasteiger partial charge is 0.338 e. The van der Waals surface area contributed by atoms with E-state index in [0.29, 0.717) is 27.3 Å². The minimum atomic E-state index is -0.112. The number of benzene rings is 2. The molecule has 0 aliphatic heterocycles. The van der Waals surface area contributed by atoms with E-state index in [9.17, 15) is 4.79 Å². The predicted molar refractivity (Wildman–Crippen MR) is 105 cm³/mol. The molecule has 3 aromatic rings. The van der Waals surface area contributed by atoms with Crippen molar-refractivity contribution in [2.75, 3.05) is 32.1 Å². The van der Waals surface area contributed by atoms with Gasteiger partial charge in [-0.15, -0.1) is 0 Å². The van der Waals surface area contributed by atoms with Crippen LogP contribution < -0.4 is 9.80 Å². The minimum Gasteiger partial charge on any atom is -0.338 e. The van der Waals surface area contributed by atoms with Gasteiger partial charge in [0.05, 0.1) is 36.9 Å². The standard InChI is InChI=1S/C18H17Cl2N3OS/c1-22(2)9-10-23(17(24)12-5-3-6-13(19)11-12)18-21-16-14(20)7-4-8-15(16)25-18/h3-8,11H,9-10H2,1-2H3/p+1. The summed E-state index contributed by atoms with van der Waals surface area (Å²) in [6.45, 7) is 1.36. The lowest BCUT2D eigenvalue weighted by atomic mass is 10.2. The van der Waals surface area contributed by atoms with Crippen LogP contribution in [0.4, 0.5) is 5.13 Å². The number of quaternary nitrogens is 1. The number of hydrogen-bond acceptors (Lipinski definition) is 3. The third-order valence-corrected chi connectivity index (χ3v) is 5.33. The molecule has 0 atom stereocenters. The quantitative estimate of drug-likeness (QED) is 0.719. The monoisotopic (exact) mass is 394 g/mol. The highest BCUT2D eigenvalue weighted by atomic mass is 35.5. The Kier molecular flexibility index (Phi) is 5.59. The van der Waals surface area contributed by atoms with E-state index in [1.165, 1.54) is 16.2 Å². The van der Waals surface area contributed by atoms with Gasteiger partial charge in [-0.05, 0) is 30.3 Å². The molecule has 1 amide bonds. The SMILES string of the molecule is C[NH+](C)CCN(C(=O)c1cccc(Cl)c1)c1nc2c(Cl)cccc2s1. The van der Waals surface area contributed by atoms with Crippen LogP contribution in [0.3, 0.4) is 0 Å². The van der Waals surface area contributed by atoms with Crippen LogP contribution in [0.1, 0.15) is 10.4 Å². The lowest BCUT2D eigenvalue weighted by Gasteiger charge is -2.20. The first kappa shape index (κ1) is 18.1. The summed E-state index contributed by atoms with van der Waals surface area (Å²) >= 11 is 13.8. The summed E-state index contributed by atoms with van der Waals surface area (Å²) in [6.07, 6.45) is 0. The van der Waals surface area contributed by atoms with E-state index in [0.717, 1.165) is 16.8 Å². The molecule has 0 unspecified atom stereocenters. The molecule has 4 nitrogen and oxygen atoms in total. The minimum absolute atomic E-state index is 0.112. The Bertz CT molecular complexity index is 910. The summed E-state index contributed by atoms with van der Waals surface area (Å²) in [6, 6.07) is 12.6. The van der Waals surface area contributed by atoms with Gasteiger partial charge in [-0.25, -0.2) is 4.98 Å². The number of thiazole rings is 1. The molecule has 1 aromatic heterocycles. The molecular weight excluding hydrogens is 377 g/mol. The second kappa shape index (κ2) is 7.70. The van der Waals surface area contributed by atoms with Gasteiger partial charge in [-0.1, -0.05) is 46.7 Å². The van der Waals surface area contributed by atoms with Crippen molar-refractivity contribution in [1.29, 1.82) is 0 Å². The molecule has 2 aromatic carbocycles.